The quantitative estimate of drug-likeness (QED) is 0.220. The maximum absolute atomic E-state index is 9.80. The zero-order valence-corrected chi connectivity index (χ0v) is 22.6. The molecule has 0 aliphatic heterocycles. The molecule has 0 radical (unpaired) electrons. The monoisotopic (exact) mass is 536 g/mol. The van der Waals surface area contributed by atoms with Crippen LogP contribution >= 0.6 is 0 Å². The number of nitrogens with zero attached hydrogens (tertiary/aromatic N) is 4. The third-order valence-electron chi connectivity index (χ3n) is 7.38. The summed E-state index contributed by atoms with van der Waals surface area (Å²) in [6.07, 6.45) is 0. The van der Waals surface area contributed by atoms with Crippen LogP contribution in [0.3, 0.4) is 0 Å². The third kappa shape index (κ3) is 4.81. The summed E-state index contributed by atoms with van der Waals surface area (Å²) >= 11 is 0. The van der Waals surface area contributed by atoms with Crippen LogP contribution in [0.5, 0.6) is 0 Å². The van der Waals surface area contributed by atoms with Gasteiger partial charge in [0.05, 0.1) is 11.6 Å². The molecule has 1 heterocycles. The van der Waals surface area contributed by atoms with Crippen molar-refractivity contribution >= 4 is 10.8 Å². The largest absolute Gasteiger partial charge is 0.208 e. The summed E-state index contributed by atoms with van der Waals surface area (Å²) in [5, 5.41) is 12.0. The van der Waals surface area contributed by atoms with Crippen molar-refractivity contribution in [3.05, 3.63) is 151 Å². The Balaban J connectivity index is 1.33. The van der Waals surface area contributed by atoms with E-state index in [-0.39, 0.29) is 0 Å². The maximum Gasteiger partial charge on any atom is 0.164 e. The summed E-state index contributed by atoms with van der Waals surface area (Å²) in [5.74, 6) is 1.90. The van der Waals surface area contributed by atoms with Gasteiger partial charge in [0.15, 0.2) is 17.5 Å². The number of fused-ring (bicyclic) bond motifs is 1. The highest BCUT2D eigenvalue weighted by Crippen LogP contribution is 2.36. The Kier molecular flexibility index (Phi) is 6.52. The molecule has 7 aromatic rings. The summed E-state index contributed by atoms with van der Waals surface area (Å²) in [5.41, 5.74) is 7.57. The van der Waals surface area contributed by atoms with E-state index in [1.165, 1.54) is 0 Å². The highest BCUT2D eigenvalue weighted by atomic mass is 15.0. The molecule has 0 saturated carbocycles. The zero-order chi connectivity index (χ0) is 28.3. The van der Waals surface area contributed by atoms with Gasteiger partial charge in [-0.2, -0.15) is 5.26 Å². The molecule has 196 valence electrons. The Labute approximate surface area is 244 Å². The van der Waals surface area contributed by atoms with Crippen molar-refractivity contribution < 1.29 is 0 Å². The topological polar surface area (TPSA) is 62.5 Å². The molecule has 0 saturated heterocycles. The van der Waals surface area contributed by atoms with Crippen LogP contribution in [0.1, 0.15) is 5.56 Å². The lowest BCUT2D eigenvalue weighted by Crippen LogP contribution is -2.00. The van der Waals surface area contributed by atoms with Crippen LogP contribution in [0.25, 0.3) is 67.2 Å². The first-order valence-electron chi connectivity index (χ1n) is 13.8. The number of hydrogen-bond acceptors (Lipinski definition) is 4. The van der Waals surface area contributed by atoms with Crippen LogP contribution in [0.4, 0.5) is 0 Å². The molecule has 0 spiro atoms. The average molecular weight is 537 g/mol. The summed E-state index contributed by atoms with van der Waals surface area (Å²) in [7, 11) is 0. The average Bonchev–Trinajstić information content (AvgIpc) is 3.08. The molecule has 0 aliphatic carbocycles. The van der Waals surface area contributed by atoms with Gasteiger partial charge < -0.3 is 0 Å². The second-order valence-electron chi connectivity index (χ2n) is 10.0. The predicted molar refractivity (Wildman–Crippen MR) is 169 cm³/mol. The number of aromatic nitrogens is 3. The molecule has 4 heteroatoms. The number of benzene rings is 6. The lowest BCUT2D eigenvalue weighted by Gasteiger charge is -2.13. The first-order chi connectivity index (χ1) is 20.8. The summed E-state index contributed by atoms with van der Waals surface area (Å²) < 4.78 is 0. The highest BCUT2D eigenvalue weighted by molar-refractivity contribution is 6.01. The van der Waals surface area contributed by atoms with Crippen molar-refractivity contribution in [1.82, 2.24) is 15.0 Å². The Hall–Kier alpha value is -5.92. The van der Waals surface area contributed by atoms with Gasteiger partial charge in [0.2, 0.25) is 0 Å². The minimum absolute atomic E-state index is 0.622. The molecule has 0 unspecified atom stereocenters. The van der Waals surface area contributed by atoms with Crippen LogP contribution in [0.15, 0.2) is 146 Å². The van der Waals surface area contributed by atoms with Crippen LogP contribution in [-0.2, 0) is 0 Å². The number of hydrogen-bond donors (Lipinski definition) is 0. The fourth-order valence-electron chi connectivity index (χ4n) is 5.27. The van der Waals surface area contributed by atoms with Crippen LogP contribution in [-0.4, -0.2) is 15.0 Å². The van der Waals surface area contributed by atoms with E-state index >= 15 is 0 Å². The predicted octanol–water partition coefficient (Wildman–Crippen LogP) is 9.23. The molecule has 4 nitrogen and oxygen atoms in total. The van der Waals surface area contributed by atoms with Gasteiger partial charge in [-0.25, -0.2) is 15.0 Å². The molecule has 0 bridgehead atoms. The molecule has 42 heavy (non-hydrogen) atoms. The smallest absolute Gasteiger partial charge is 0.164 e. The Bertz CT molecular complexity index is 2020. The molecule has 7 rings (SSSR count). The molecule has 0 aliphatic rings. The highest BCUT2D eigenvalue weighted by Gasteiger charge is 2.14. The molecular formula is C38H24N4. The Morgan fingerprint density at radius 3 is 1.52 bits per heavy atom. The van der Waals surface area contributed by atoms with E-state index in [9.17, 15) is 5.26 Å². The summed E-state index contributed by atoms with van der Waals surface area (Å²) in [6.45, 7) is 0. The van der Waals surface area contributed by atoms with E-state index < -0.39 is 0 Å². The first-order valence-corrected chi connectivity index (χ1v) is 13.8. The lowest BCUT2D eigenvalue weighted by molar-refractivity contribution is 1.07. The first kappa shape index (κ1) is 25.1. The Morgan fingerprint density at radius 1 is 0.405 bits per heavy atom. The summed E-state index contributed by atoms with van der Waals surface area (Å²) in [6, 6.07) is 51.1. The molecule has 0 fully saturated rings. The molecule has 0 N–H and O–H groups in total. The van der Waals surface area contributed by atoms with Gasteiger partial charge in [0.25, 0.3) is 0 Å². The molecular weight excluding hydrogens is 512 g/mol. The van der Waals surface area contributed by atoms with E-state index in [1.54, 1.807) is 0 Å². The van der Waals surface area contributed by atoms with Gasteiger partial charge >= 0.3 is 0 Å². The van der Waals surface area contributed by atoms with Gasteiger partial charge in [-0.1, -0.05) is 127 Å². The van der Waals surface area contributed by atoms with Crippen molar-refractivity contribution in [2.45, 2.75) is 0 Å². The van der Waals surface area contributed by atoms with E-state index in [2.05, 4.69) is 54.6 Å². The SMILES string of the molecule is N#Cc1ccccc1-c1cc(-c2ccc(-c3nc(-c4ccccc4)nc(-c4ccccc4)n3)cc2)cc2ccccc12. The molecule has 1 aromatic heterocycles. The van der Waals surface area contributed by atoms with Crippen molar-refractivity contribution in [2.24, 2.45) is 0 Å². The molecule has 0 atom stereocenters. The van der Waals surface area contributed by atoms with Gasteiger partial charge in [0, 0.05) is 22.3 Å². The van der Waals surface area contributed by atoms with Crippen molar-refractivity contribution in [3.8, 4) is 62.5 Å². The van der Waals surface area contributed by atoms with Crippen molar-refractivity contribution in [3.63, 3.8) is 0 Å². The van der Waals surface area contributed by atoms with Crippen LogP contribution in [0.2, 0.25) is 0 Å². The maximum atomic E-state index is 9.80. The summed E-state index contributed by atoms with van der Waals surface area (Å²) in [4.78, 5) is 14.5. The van der Waals surface area contributed by atoms with Gasteiger partial charge in [-0.3, -0.25) is 0 Å². The fraction of sp³-hybridized carbons (Fsp3) is 0. The third-order valence-corrected chi connectivity index (χ3v) is 7.38. The zero-order valence-electron chi connectivity index (χ0n) is 22.6. The van der Waals surface area contributed by atoms with Gasteiger partial charge in [-0.05, 0) is 45.7 Å². The van der Waals surface area contributed by atoms with Crippen LogP contribution < -0.4 is 0 Å². The van der Waals surface area contributed by atoms with Crippen molar-refractivity contribution in [2.75, 3.05) is 0 Å². The van der Waals surface area contributed by atoms with E-state index in [4.69, 9.17) is 15.0 Å². The Morgan fingerprint density at radius 2 is 0.905 bits per heavy atom. The second-order valence-corrected chi connectivity index (χ2v) is 10.0. The van der Waals surface area contributed by atoms with Gasteiger partial charge in [-0.15, -0.1) is 0 Å². The number of rotatable bonds is 5. The second kappa shape index (κ2) is 10.9. The van der Waals surface area contributed by atoms with E-state index in [1.807, 2.05) is 97.1 Å². The van der Waals surface area contributed by atoms with E-state index in [0.29, 0.717) is 23.0 Å². The fourth-order valence-corrected chi connectivity index (χ4v) is 5.27. The molecule has 0 amide bonds. The minimum atomic E-state index is 0.622. The minimum Gasteiger partial charge on any atom is -0.208 e. The van der Waals surface area contributed by atoms with E-state index in [0.717, 1.165) is 49.7 Å². The normalized spacial score (nSPS) is 10.8. The van der Waals surface area contributed by atoms with Gasteiger partial charge in [0.1, 0.15) is 0 Å². The molecule has 6 aromatic carbocycles. The van der Waals surface area contributed by atoms with Crippen LogP contribution in [0, 0.1) is 11.3 Å². The standard InChI is InChI=1S/C38H24N4/c39-25-31-16-8-10-18-34(31)35-24-32(23-30-15-7-9-17-33(30)35)26-19-21-29(22-20-26)38-41-36(27-11-3-1-4-12-27)40-37(42-38)28-13-5-2-6-14-28/h1-24H. The van der Waals surface area contributed by atoms with Crippen molar-refractivity contribution in [1.29, 1.82) is 5.26 Å². The lowest BCUT2D eigenvalue weighted by atomic mass is 9.91. The number of nitriles is 1.